The summed E-state index contributed by atoms with van der Waals surface area (Å²) in [6, 6.07) is 4.87. The van der Waals surface area contributed by atoms with Crippen LogP contribution in [0.4, 0.5) is 13.2 Å². The molecule has 0 amide bonds. The lowest BCUT2D eigenvalue weighted by atomic mass is 9.95. The molecule has 0 aromatic heterocycles. The highest BCUT2D eigenvalue weighted by Crippen LogP contribution is 2.33. The smallest absolute Gasteiger partial charge is 0.320 e. The third-order valence-electron chi connectivity index (χ3n) is 4.43. The number of alkyl halides is 3. The molecule has 1 fully saturated rings. The van der Waals surface area contributed by atoms with E-state index < -0.39 is 27.5 Å². The van der Waals surface area contributed by atoms with Crippen molar-refractivity contribution in [3.63, 3.8) is 0 Å². The van der Waals surface area contributed by atoms with Gasteiger partial charge in [0, 0.05) is 13.1 Å². The number of sulfonamides is 1. The van der Waals surface area contributed by atoms with Crippen LogP contribution in [-0.4, -0.2) is 39.4 Å². The van der Waals surface area contributed by atoms with Crippen molar-refractivity contribution in [1.82, 2.24) is 9.62 Å². The number of halogens is 4. The number of nitrogens with one attached hydrogen (secondary N) is 1. The fourth-order valence-electron chi connectivity index (χ4n) is 3.04. The van der Waals surface area contributed by atoms with Gasteiger partial charge < -0.3 is 5.32 Å². The molecule has 0 radical (unpaired) electrons. The Morgan fingerprint density at radius 2 is 1.80 bits per heavy atom. The van der Waals surface area contributed by atoms with E-state index in [0.29, 0.717) is 19.0 Å². The van der Waals surface area contributed by atoms with Gasteiger partial charge in [-0.3, -0.25) is 0 Å². The highest BCUT2D eigenvalue weighted by Gasteiger charge is 2.35. The van der Waals surface area contributed by atoms with Crippen molar-refractivity contribution in [2.75, 3.05) is 26.7 Å². The molecule has 1 heterocycles. The predicted molar refractivity (Wildman–Crippen MR) is 94.2 cm³/mol. The Labute approximate surface area is 153 Å². The topological polar surface area (TPSA) is 49.4 Å². The first-order chi connectivity index (χ1) is 11.2. The molecule has 0 saturated carbocycles. The number of hydrogen-bond acceptors (Lipinski definition) is 3. The molecular formula is C16H24ClF3N2O2S. The minimum Gasteiger partial charge on any atom is -0.320 e. The van der Waals surface area contributed by atoms with Crippen LogP contribution in [0.2, 0.25) is 0 Å². The van der Waals surface area contributed by atoms with Crippen molar-refractivity contribution in [3.8, 4) is 0 Å². The normalized spacial score (nSPS) is 17.3. The first-order valence-corrected chi connectivity index (χ1v) is 9.62. The zero-order chi connectivity index (χ0) is 17.8. The summed E-state index contributed by atoms with van der Waals surface area (Å²) >= 11 is 0. The summed E-state index contributed by atoms with van der Waals surface area (Å²) in [6.07, 6.45) is -2.06. The fraction of sp³-hybridized carbons (Fsp3) is 0.625. The molecule has 2 rings (SSSR count). The molecule has 0 aliphatic carbocycles. The summed E-state index contributed by atoms with van der Waals surface area (Å²) in [7, 11) is -1.87. The molecule has 1 aliphatic rings. The Bertz CT molecular complexity index is 645. The SMILES string of the molecule is CNCCC1CCN(S(=O)(=O)Cc2ccccc2C(F)(F)F)CC1.Cl. The average Bonchev–Trinajstić information content (AvgIpc) is 2.52. The Morgan fingerprint density at radius 1 is 1.20 bits per heavy atom. The zero-order valence-electron chi connectivity index (χ0n) is 14.1. The van der Waals surface area contributed by atoms with E-state index in [4.69, 9.17) is 0 Å². The van der Waals surface area contributed by atoms with Crippen LogP contribution in [0.15, 0.2) is 24.3 Å². The van der Waals surface area contributed by atoms with E-state index in [2.05, 4.69) is 5.32 Å². The summed E-state index contributed by atoms with van der Waals surface area (Å²) in [6.45, 7) is 1.65. The lowest BCUT2D eigenvalue weighted by molar-refractivity contribution is -0.138. The third-order valence-corrected chi connectivity index (χ3v) is 6.26. The van der Waals surface area contributed by atoms with Gasteiger partial charge in [0.2, 0.25) is 10.0 Å². The number of hydrogen-bond donors (Lipinski definition) is 1. The molecule has 1 saturated heterocycles. The second-order valence-electron chi connectivity index (χ2n) is 6.15. The summed E-state index contributed by atoms with van der Waals surface area (Å²) in [5, 5.41) is 3.07. The van der Waals surface area contributed by atoms with Crippen molar-refractivity contribution in [3.05, 3.63) is 35.4 Å². The summed E-state index contributed by atoms with van der Waals surface area (Å²) in [4.78, 5) is 0. The van der Waals surface area contributed by atoms with Gasteiger partial charge in [0.05, 0.1) is 11.3 Å². The Balaban J connectivity index is 0.00000312. The summed E-state index contributed by atoms with van der Waals surface area (Å²) < 4.78 is 65.4. The minimum atomic E-state index is -4.55. The molecule has 0 unspecified atom stereocenters. The number of piperidine rings is 1. The third kappa shape index (κ3) is 6.13. The molecular weight excluding hydrogens is 377 g/mol. The van der Waals surface area contributed by atoms with Gasteiger partial charge >= 0.3 is 6.18 Å². The van der Waals surface area contributed by atoms with E-state index in [1.54, 1.807) is 0 Å². The van der Waals surface area contributed by atoms with Gasteiger partial charge in [-0.05, 0) is 50.4 Å². The molecule has 1 aliphatic heterocycles. The van der Waals surface area contributed by atoms with Crippen LogP contribution < -0.4 is 5.32 Å². The Kier molecular flexibility index (Phi) is 8.18. The quantitative estimate of drug-likeness (QED) is 0.797. The Morgan fingerprint density at radius 3 is 2.36 bits per heavy atom. The first-order valence-electron chi connectivity index (χ1n) is 8.01. The van der Waals surface area contributed by atoms with Gasteiger partial charge in [0.25, 0.3) is 0 Å². The summed E-state index contributed by atoms with van der Waals surface area (Å²) in [5.41, 5.74) is -1.07. The van der Waals surface area contributed by atoms with Crippen molar-refractivity contribution in [2.45, 2.75) is 31.2 Å². The van der Waals surface area contributed by atoms with Crippen LogP contribution in [0.1, 0.15) is 30.4 Å². The average molecular weight is 401 g/mol. The van der Waals surface area contributed by atoms with Crippen molar-refractivity contribution >= 4 is 22.4 Å². The fourth-order valence-corrected chi connectivity index (χ4v) is 4.63. The molecule has 1 N–H and O–H groups in total. The highest BCUT2D eigenvalue weighted by molar-refractivity contribution is 7.88. The van der Waals surface area contributed by atoms with Gasteiger partial charge in [-0.1, -0.05) is 18.2 Å². The van der Waals surface area contributed by atoms with E-state index in [1.807, 2.05) is 7.05 Å². The maximum absolute atomic E-state index is 13.0. The van der Waals surface area contributed by atoms with Crippen molar-refractivity contribution in [1.29, 1.82) is 0 Å². The van der Waals surface area contributed by atoms with Crippen LogP contribution in [-0.2, 0) is 22.0 Å². The highest BCUT2D eigenvalue weighted by atomic mass is 35.5. The van der Waals surface area contributed by atoms with Crippen LogP contribution in [0.5, 0.6) is 0 Å². The van der Waals surface area contributed by atoms with Crippen LogP contribution >= 0.6 is 12.4 Å². The second kappa shape index (κ2) is 9.21. The molecule has 0 atom stereocenters. The van der Waals surface area contributed by atoms with E-state index in [0.717, 1.165) is 31.9 Å². The van der Waals surface area contributed by atoms with Gasteiger partial charge in [0.1, 0.15) is 0 Å². The predicted octanol–water partition coefficient (Wildman–Crippen LogP) is 3.28. The number of rotatable bonds is 6. The Hall–Kier alpha value is -0.830. The lowest BCUT2D eigenvalue weighted by Crippen LogP contribution is -2.39. The maximum atomic E-state index is 13.0. The largest absolute Gasteiger partial charge is 0.416 e. The van der Waals surface area contributed by atoms with E-state index in [1.165, 1.54) is 22.5 Å². The molecule has 4 nitrogen and oxygen atoms in total. The molecule has 25 heavy (non-hydrogen) atoms. The minimum absolute atomic E-state index is 0. The number of benzene rings is 1. The summed E-state index contributed by atoms with van der Waals surface area (Å²) in [5.74, 6) is -0.143. The molecule has 0 spiro atoms. The monoisotopic (exact) mass is 400 g/mol. The maximum Gasteiger partial charge on any atom is 0.416 e. The molecule has 9 heteroatoms. The lowest BCUT2D eigenvalue weighted by Gasteiger charge is -2.31. The molecule has 1 aromatic rings. The van der Waals surface area contributed by atoms with Gasteiger partial charge in [0.15, 0.2) is 0 Å². The van der Waals surface area contributed by atoms with Crippen LogP contribution in [0.3, 0.4) is 0 Å². The van der Waals surface area contributed by atoms with Crippen molar-refractivity contribution in [2.24, 2.45) is 5.92 Å². The van der Waals surface area contributed by atoms with Crippen molar-refractivity contribution < 1.29 is 21.6 Å². The van der Waals surface area contributed by atoms with Gasteiger partial charge in [-0.15, -0.1) is 12.4 Å². The van der Waals surface area contributed by atoms with E-state index >= 15 is 0 Å². The number of nitrogens with zero attached hydrogens (tertiary/aromatic N) is 1. The standard InChI is InChI=1S/C16H23F3N2O2S.ClH/c1-20-9-6-13-7-10-21(11-8-13)24(22,23)12-14-4-2-3-5-15(14)16(17,18)19;/h2-5,13,20H,6-12H2,1H3;1H. The second-order valence-corrected chi connectivity index (χ2v) is 8.11. The van der Waals surface area contributed by atoms with Gasteiger partial charge in [-0.25, -0.2) is 12.7 Å². The first kappa shape index (κ1) is 22.2. The molecule has 1 aromatic carbocycles. The van der Waals surface area contributed by atoms with Crippen LogP contribution in [0.25, 0.3) is 0 Å². The van der Waals surface area contributed by atoms with Gasteiger partial charge in [-0.2, -0.15) is 13.2 Å². The van der Waals surface area contributed by atoms with E-state index in [9.17, 15) is 21.6 Å². The molecule has 0 bridgehead atoms. The zero-order valence-corrected chi connectivity index (χ0v) is 15.7. The van der Waals surface area contributed by atoms with E-state index in [-0.39, 0.29) is 18.0 Å². The van der Waals surface area contributed by atoms with Crippen LogP contribution in [0, 0.1) is 5.92 Å². The molecule has 144 valence electrons.